The van der Waals surface area contributed by atoms with Gasteiger partial charge in [-0.15, -0.1) is 0 Å². The number of benzene rings is 1. The number of carbonyl (C=O) groups is 1. The van der Waals surface area contributed by atoms with Crippen molar-refractivity contribution >= 4 is 16.8 Å². The Morgan fingerprint density at radius 2 is 2.24 bits per heavy atom. The fourth-order valence-electron chi connectivity index (χ4n) is 2.80. The van der Waals surface area contributed by atoms with E-state index >= 15 is 0 Å². The molecule has 21 heavy (non-hydrogen) atoms. The lowest BCUT2D eigenvalue weighted by Gasteiger charge is -2.39. The van der Waals surface area contributed by atoms with Gasteiger partial charge in [0.1, 0.15) is 5.82 Å². The number of halogens is 1. The number of hydrogen-bond donors (Lipinski definition) is 1. The van der Waals surface area contributed by atoms with Crippen LogP contribution in [0.15, 0.2) is 30.5 Å². The normalized spacial score (nSPS) is 18.0. The predicted octanol–water partition coefficient (Wildman–Crippen LogP) is 2.20. The van der Waals surface area contributed by atoms with Gasteiger partial charge in [0, 0.05) is 36.8 Å². The molecule has 1 aromatic heterocycles. The first-order chi connectivity index (χ1) is 9.96. The van der Waals surface area contributed by atoms with Crippen molar-refractivity contribution in [3.63, 3.8) is 0 Å². The third kappa shape index (κ3) is 2.74. The van der Waals surface area contributed by atoms with E-state index in [4.69, 9.17) is 0 Å². The summed E-state index contributed by atoms with van der Waals surface area (Å²) < 4.78 is 13.8. The van der Waals surface area contributed by atoms with Crippen LogP contribution >= 0.6 is 0 Å². The highest BCUT2D eigenvalue weighted by atomic mass is 19.1. The van der Waals surface area contributed by atoms with E-state index in [-0.39, 0.29) is 11.4 Å². The fraction of sp³-hybridized carbons (Fsp3) is 0.375. The molecule has 4 nitrogen and oxygen atoms in total. The number of amides is 1. The van der Waals surface area contributed by atoms with E-state index in [0.717, 1.165) is 6.54 Å². The Kier molecular flexibility index (Phi) is 3.37. The third-order valence-electron chi connectivity index (χ3n) is 3.76. The second-order valence-electron chi connectivity index (χ2n) is 6.07. The van der Waals surface area contributed by atoms with Crippen LogP contribution in [0.4, 0.5) is 4.39 Å². The molecule has 0 radical (unpaired) electrons. The van der Waals surface area contributed by atoms with Gasteiger partial charge in [-0.25, -0.2) is 4.39 Å². The number of pyridine rings is 1. The van der Waals surface area contributed by atoms with E-state index in [1.54, 1.807) is 23.2 Å². The number of nitrogens with zero attached hydrogens (tertiary/aromatic N) is 2. The molecule has 0 unspecified atom stereocenters. The average Bonchev–Trinajstić information content (AvgIpc) is 2.44. The topological polar surface area (TPSA) is 45.2 Å². The zero-order valence-corrected chi connectivity index (χ0v) is 12.2. The summed E-state index contributed by atoms with van der Waals surface area (Å²) in [6.45, 7) is 6.05. The molecule has 0 atom stereocenters. The average molecular weight is 287 g/mol. The monoisotopic (exact) mass is 287 g/mol. The van der Waals surface area contributed by atoms with Crippen LogP contribution < -0.4 is 5.32 Å². The molecule has 2 heterocycles. The molecular weight excluding hydrogens is 269 g/mol. The lowest BCUT2D eigenvalue weighted by Crippen LogP contribution is -2.58. The number of fused-ring (bicyclic) bond motifs is 1. The Balaban J connectivity index is 2.02. The van der Waals surface area contributed by atoms with Gasteiger partial charge in [0.05, 0.1) is 11.1 Å². The Labute approximate surface area is 123 Å². The van der Waals surface area contributed by atoms with Crippen molar-refractivity contribution in [2.75, 3.05) is 19.6 Å². The first-order valence-electron chi connectivity index (χ1n) is 7.05. The van der Waals surface area contributed by atoms with Gasteiger partial charge in [-0.3, -0.25) is 9.78 Å². The molecule has 3 rings (SSSR count). The minimum Gasteiger partial charge on any atom is -0.335 e. The van der Waals surface area contributed by atoms with E-state index in [1.807, 2.05) is 13.8 Å². The largest absolute Gasteiger partial charge is 0.335 e. The Morgan fingerprint density at radius 3 is 3.00 bits per heavy atom. The highest BCUT2D eigenvalue weighted by Gasteiger charge is 2.30. The maximum atomic E-state index is 13.8. The van der Waals surface area contributed by atoms with Crippen LogP contribution in [0.25, 0.3) is 10.9 Å². The van der Waals surface area contributed by atoms with Crippen LogP contribution in [0.3, 0.4) is 0 Å². The van der Waals surface area contributed by atoms with Gasteiger partial charge in [0.15, 0.2) is 0 Å². The Morgan fingerprint density at radius 1 is 1.43 bits per heavy atom. The number of aromatic nitrogens is 1. The SMILES string of the molecule is CC1(C)CN(C(=O)c2cc(F)cc3cccnc23)CCN1. The summed E-state index contributed by atoms with van der Waals surface area (Å²) in [7, 11) is 0. The Bertz CT molecular complexity index is 699. The fourth-order valence-corrected chi connectivity index (χ4v) is 2.80. The molecule has 1 amide bonds. The lowest BCUT2D eigenvalue weighted by molar-refractivity contribution is 0.0653. The van der Waals surface area contributed by atoms with Crippen molar-refractivity contribution in [2.24, 2.45) is 0 Å². The summed E-state index contributed by atoms with van der Waals surface area (Å²) in [5.74, 6) is -0.569. The van der Waals surface area contributed by atoms with E-state index < -0.39 is 5.82 Å². The summed E-state index contributed by atoms with van der Waals surface area (Å²) in [5, 5.41) is 4.01. The molecule has 0 bridgehead atoms. The minimum atomic E-state index is -0.409. The first kappa shape index (κ1) is 13.9. The summed E-state index contributed by atoms with van der Waals surface area (Å²) in [4.78, 5) is 18.8. The third-order valence-corrected chi connectivity index (χ3v) is 3.76. The molecule has 5 heteroatoms. The van der Waals surface area contributed by atoms with Gasteiger partial charge in [0.25, 0.3) is 5.91 Å². The first-order valence-corrected chi connectivity index (χ1v) is 7.05. The van der Waals surface area contributed by atoms with Gasteiger partial charge in [-0.1, -0.05) is 6.07 Å². The number of hydrogen-bond acceptors (Lipinski definition) is 3. The highest BCUT2D eigenvalue weighted by molar-refractivity contribution is 6.05. The summed E-state index contributed by atoms with van der Waals surface area (Å²) in [6.07, 6.45) is 1.62. The molecule has 1 aliphatic heterocycles. The van der Waals surface area contributed by atoms with E-state index in [9.17, 15) is 9.18 Å². The number of nitrogens with one attached hydrogen (secondary N) is 1. The van der Waals surface area contributed by atoms with Crippen LogP contribution in [0.1, 0.15) is 24.2 Å². The molecule has 0 aliphatic carbocycles. The molecule has 1 fully saturated rings. The van der Waals surface area contributed by atoms with Crippen LogP contribution in [-0.2, 0) is 0 Å². The summed E-state index contributed by atoms with van der Waals surface area (Å²) in [6, 6.07) is 6.20. The lowest BCUT2D eigenvalue weighted by atomic mass is 10.0. The standard InChI is InChI=1S/C16H18FN3O/c1-16(2)10-20(7-6-19-16)15(21)13-9-12(17)8-11-4-3-5-18-14(11)13/h3-5,8-9,19H,6-7,10H2,1-2H3. The van der Waals surface area contributed by atoms with Gasteiger partial charge in [-0.2, -0.15) is 0 Å². The van der Waals surface area contributed by atoms with Gasteiger partial charge in [0.2, 0.25) is 0 Å². The van der Waals surface area contributed by atoms with Crippen molar-refractivity contribution in [2.45, 2.75) is 19.4 Å². The molecule has 1 saturated heterocycles. The molecule has 1 N–H and O–H groups in total. The quantitative estimate of drug-likeness (QED) is 0.874. The molecule has 0 saturated carbocycles. The number of piperazine rings is 1. The zero-order chi connectivity index (χ0) is 15.0. The predicted molar refractivity (Wildman–Crippen MR) is 79.7 cm³/mol. The maximum Gasteiger partial charge on any atom is 0.256 e. The van der Waals surface area contributed by atoms with Gasteiger partial charge >= 0.3 is 0 Å². The number of carbonyl (C=O) groups excluding carboxylic acids is 1. The molecular formula is C16H18FN3O. The second kappa shape index (κ2) is 5.07. The van der Waals surface area contributed by atoms with Gasteiger partial charge < -0.3 is 10.2 Å². The van der Waals surface area contributed by atoms with Crippen molar-refractivity contribution in [1.29, 1.82) is 0 Å². The van der Waals surface area contributed by atoms with Crippen LogP contribution in [0.2, 0.25) is 0 Å². The minimum absolute atomic E-state index is 0.134. The zero-order valence-electron chi connectivity index (χ0n) is 12.2. The smallest absolute Gasteiger partial charge is 0.256 e. The van der Waals surface area contributed by atoms with Crippen molar-refractivity contribution in [1.82, 2.24) is 15.2 Å². The molecule has 1 aliphatic rings. The second-order valence-corrected chi connectivity index (χ2v) is 6.07. The van der Waals surface area contributed by atoms with E-state index in [1.165, 1.54) is 12.1 Å². The number of rotatable bonds is 1. The van der Waals surface area contributed by atoms with Gasteiger partial charge in [-0.05, 0) is 32.0 Å². The summed E-state index contributed by atoms with van der Waals surface area (Å²) in [5.41, 5.74) is 0.758. The molecule has 2 aromatic rings. The van der Waals surface area contributed by atoms with Crippen molar-refractivity contribution < 1.29 is 9.18 Å². The summed E-state index contributed by atoms with van der Waals surface area (Å²) >= 11 is 0. The molecule has 110 valence electrons. The van der Waals surface area contributed by atoms with Crippen LogP contribution in [0, 0.1) is 5.82 Å². The maximum absolute atomic E-state index is 13.8. The highest BCUT2D eigenvalue weighted by Crippen LogP contribution is 2.21. The molecule has 0 spiro atoms. The van der Waals surface area contributed by atoms with Crippen molar-refractivity contribution in [3.8, 4) is 0 Å². The van der Waals surface area contributed by atoms with Crippen LogP contribution in [0.5, 0.6) is 0 Å². The van der Waals surface area contributed by atoms with Crippen molar-refractivity contribution in [3.05, 3.63) is 41.8 Å². The van der Waals surface area contributed by atoms with E-state index in [0.29, 0.717) is 29.6 Å². The van der Waals surface area contributed by atoms with Crippen LogP contribution in [-0.4, -0.2) is 41.0 Å². The van der Waals surface area contributed by atoms with E-state index in [2.05, 4.69) is 10.3 Å². The molecule has 1 aromatic carbocycles. The Hall–Kier alpha value is -2.01.